The fourth-order valence-corrected chi connectivity index (χ4v) is 2.62. The molecule has 0 aliphatic carbocycles. The summed E-state index contributed by atoms with van der Waals surface area (Å²) >= 11 is 0. The molecule has 0 aliphatic rings. The van der Waals surface area contributed by atoms with E-state index in [1.165, 1.54) is 7.11 Å². The van der Waals surface area contributed by atoms with Crippen LogP contribution in [0.15, 0.2) is 24.3 Å². The molecule has 0 saturated heterocycles. The van der Waals surface area contributed by atoms with E-state index in [-0.39, 0.29) is 13.0 Å². The Morgan fingerprint density at radius 2 is 1.93 bits per heavy atom. The Kier molecular flexibility index (Phi) is 6.80. The third-order valence-electron chi connectivity index (χ3n) is 3.72. The molecule has 152 valence electrons. The molecule has 0 bridgehead atoms. The molecule has 0 saturated carbocycles. The highest BCUT2D eigenvalue weighted by Gasteiger charge is 2.20. The van der Waals surface area contributed by atoms with Gasteiger partial charge in [0, 0.05) is 17.9 Å². The van der Waals surface area contributed by atoms with Crippen LogP contribution in [0, 0.1) is 0 Å². The minimum atomic E-state index is -1.19. The third-order valence-corrected chi connectivity index (χ3v) is 3.72. The van der Waals surface area contributed by atoms with Gasteiger partial charge < -0.3 is 19.3 Å². The maximum Gasteiger partial charge on any atom is 0.409 e. The zero-order valence-electron chi connectivity index (χ0n) is 16.7. The van der Waals surface area contributed by atoms with Crippen LogP contribution in [0.4, 0.5) is 4.79 Å². The summed E-state index contributed by atoms with van der Waals surface area (Å²) in [6, 6.07) is 6.64. The second kappa shape index (κ2) is 8.88. The first-order chi connectivity index (χ1) is 13.1. The molecule has 1 heterocycles. The fraction of sp³-hybridized carbons (Fsp3) is 0.450. The molecule has 1 aromatic carbocycles. The van der Waals surface area contributed by atoms with Gasteiger partial charge in [-0.3, -0.25) is 5.32 Å². The lowest BCUT2D eigenvalue weighted by atomic mass is 10.0. The van der Waals surface area contributed by atoms with Crippen LogP contribution in [0.3, 0.4) is 0 Å². The van der Waals surface area contributed by atoms with Crippen LogP contribution in [0.25, 0.3) is 10.9 Å². The van der Waals surface area contributed by atoms with E-state index in [0.717, 1.165) is 0 Å². The van der Waals surface area contributed by atoms with Crippen LogP contribution in [0.2, 0.25) is 0 Å². The number of nitrogens with zero attached hydrogens (tertiary/aromatic N) is 1. The predicted molar refractivity (Wildman–Crippen MR) is 103 cm³/mol. The number of pyridine rings is 1. The third kappa shape index (κ3) is 5.56. The Labute approximate surface area is 163 Å². The quantitative estimate of drug-likeness (QED) is 0.577. The van der Waals surface area contributed by atoms with Gasteiger partial charge >= 0.3 is 12.1 Å². The molecule has 0 fully saturated rings. The number of alkyl carbamates (subject to hydrolysis) is 1. The normalized spacial score (nSPS) is 12.4. The topological polar surface area (TPSA) is 107 Å². The zero-order valence-corrected chi connectivity index (χ0v) is 16.7. The van der Waals surface area contributed by atoms with E-state index in [2.05, 4.69) is 10.3 Å². The van der Waals surface area contributed by atoms with Gasteiger partial charge in [-0.1, -0.05) is 6.07 Å². The molecule has 1 aromatic heterocycles. The molecule has 28 heavy (non-hydrogen) atoms. The smallest absolute Gasteiger partial charge is 0.409 e. The van der Waals surface area contributed by atoms with Crippen LogP contribution >= 0.6 is 0 Å². The second-order valence-electron chi connectivity index (χ2n) is 7.11. The van der Waals surface area contributed by atoms with E-state index in [4.69, 9.17) is 14.2 Å². The number of amides is 1. The SMILES string of the molecule is CCOC(=O)c1ccc(CC(O)NC(=O)OC(C)(C)C)c2nc(OC)ccc12. The van der Waals surface area contributed by atoms with Gasteiger partial charge in [-0.15, -0.1) is 0 Å². The number of carbonyl (C=O) groups excluding carboxylic acids is 2. The monoisotopic (exact) mass is 390 g/mol. The lowest BCUT2D eigenvalue weighted by Crippen LogP contribution is -2.40. The summed E-state index contributed by atoms with van der Waals surface area (Å²) in [5.74, 6) is -0.0946. The van der Waals surface area contributed by atoms with Crippen LogP contribution in [-0.2, 0) is 15.9 Å². The molecule has 8 heteroatoms. The first-order valence-corrected chi connectivity index (χ1v) is 8.96. The Morgan fingerprint density at radius 3 is 2.54 bits per heavy atom. The molecule has 8 nitrogen and oxygen atoms in total. The fourth-order valence-electron chi connectivity index (χ4n) is 2.62. The molecule has 1 amide bonds. The van der Waals surface area contributed by atoms with Crippen molar-refractivity contribution in [2.45, 2.75) is 45.9 Å². The summed E-state index contributed by atoms with van der Waals surface area (Å²) in [4.78, 5) is 28.5. The van der Waals surface area contributed by atoms with Crippen molar-refractivity contribution in [1.29, 1.82) is 0 Å². The van der Waals surface area contributed by atoms with Gasteiger partial charge in [0.25, 0.3) is 0 Å². The number of esters is 1. The van der Waals surface area contributed by atoms with Gasteiger partial charge in [0.1, 0.15) is 11.8 Å². The van der Waals surface area contributed by atoms with Gasteiger partial charge in [-0.05, 0) is 45.4 Å². The van der Waals surface area contributed by atoms with E-state index in [9.17, 15) is 14.7 Å². The number of aromatic nitrogens is 1. The molecule has 1 atom stereocenters. The Bertz CT molecular complexity index is 860. The molecule has 0 radical (unpaired) electrons. The second-order valence-corrected chi connectivity index (χ2v) is 7.11. The number of rotatable bonds is 6. The number of methoxy groups -OCH3 is 1. The molecule has 1 unspecified atom stereocenters. The van der Waals surface area contributed by atoms with E-state index in [1.807, 2.05) is 0 Å². The van der Waals surface area contributed by atoms with Crippen molar-refractivity contribution >= 4 is 23.0 Å². The number of carbonyl (C=O) groups is 2. The van der Waals surface area contributed by atoms with E-state index in [0.29, 0.717) is 27.9 Å². The van der Waals surface area contributed by atoms with Crippen LogP contribution in [0.5, 0.6) is 5.88 Å². The highest BCUT2D eigenvalue weighted by molar-refractivity contribution is 6.04. The van der Waals surface area contributed by atoms with Gasteiger partial charge in [0.05, 0.1) is 24.8 Å². The van der Waals surface area contributed by atoms with E-state index >= 15 is 0 Å². The number of hydrogen-bond donors (Lipinski definition) is 2. The van der Waals surface area contributed by atoms with Crippen molar-refractivity contribution < 1.29 is 28.9 Å². The van der Waals surface area contributed by atoms with Crippen LogP contribution < -0.4 is 10.1 Å². The minimum Gasteiger partial charge on any atom is -0.481 e. The van der Waals surface area contributed by atoms with Gasteiger partial charge in [0.15, 0.2) is 0 Å². The first-order valence-electron chi connectivity index (χ1n) is 8.96. The summed E-state index contributed by atoms with van der Waals surface area (Å²) in [6.07, 6.45) is -1.85. The van der Waals surface area contributed by atoms with Gasteiger partial charge in [-0.25, -0.2) is 14.6 Å². The molecule has 2 N–H and O–H groups in total. The molecular formula is C20H26N2O6. The Morgan fingerprint density at radius 1 is 1.21 bits per heavy atom. The lowest BCUT2D eigenvalue weighted by Gasteiger charge is -2.21. The summed E-state index contributed by atoms with van der Waals surface area (Å²) in [7, 11) is 1.49. The number of ether oxygens (including phenoxy) is 3. The number of fused-ring (bicyclic) bond motifs is 1. The van der Waals surface area contributed by atoms with E-state index < -0.39 is 23.9 Å². The highest BCUT2D eigenvalue weighted by atomic mass is 16.6. The lowest BCUT2D eigenvalue weighted by molar-refractivity contribution is 0.0359. The zero-order chi connectivity index (χ0) is 20.9. The first kappa shape index (κ1) is 21.4. The van der Waals surface area contributed by atoms with Crippen molar-refractivity contribution in [1.82, 2.24) is 10.3 Å². The average Bonchev–Trinajstić information content (AvgIpc) is 2.59. The Balaban J connectivity index is 2.32. The molecule has 2 rings (SSSR count). The summed E-state index contributed by atoms with van der Waals surface area (Å²) < 4.78 is 15.4. The number of hydrogen-bond acceptors (Lipinski definition) is 7. The standard InChI is InChI=1S/C20H26N2O6/c1-6-27-18(24)14-8-7-12(17-13(14)9-10-16(22-17)26-5)11-15(23)21-19(25)28-20(2,3)4/h7-10,15,23H,6,11H2,1-5H3,(H,21,25). The maximum atomic E-state index is 12.2. The van der Waals surface area contributed by atoms with Crippen LogP contribution in [-0.4, -0.2) is 47.7 Å². The molecule has 0 spiro atoms. The van der Waals surface area contributed by atoms with Gasteiger partial charge in [-0.2, -0.15) is 0 Å². The summed E-state index contributed by atoms with van der Waals surface area (Å²) in [6.45, 7) is 7.18. The largest absolute Gasteiger partial charge is 0.481 e. The number of aliphatic hydroxyl groups excluding tert-OH is 1. The predicted octanol–water partition coefficient (Wildman–Crippen LogP) is 2.81. The van der Waals surface area contributed by atoms with Crippen LogP contribution in [0.1, 0.15) is 43.6 Å². The maximum absolute atomic E-state index is 12.2. The van der Waals surface area contributed by atoms with E-state index in [1.54, 1.807) is 52.0 Å². The highest BCUT2D eigenvalue weighted by Crippen LogP contribution is 2.25. The number of aliphatic hydroxyl groups is 1. The molecule has 0 aliphatic heterocycles. The van der Waals surface area contributed by atoms with Crippen molar-refractivity contribution in [2.24, 2.45) is 0 Å². The molecular weight excluding hydrogens is 364 g/mol. The number of nitrogens with one attached hydrogen (secondary N) is 1. The Hall–Kier alpha value is -2.87. The molecule has 2 aromatic rings. The summed E-state index contributed by atoms with van der Waals surface area (Å²) in [5, 5.41) is 13.2. The van der Waals surface area contributed by atoms with Crippen molar-refractivity contribution in [2.75, 3.05) is 13.7 Å². The minimum absolute atomic E-state index is 0.0685. The van der Waals surface area contributed by atoms with Gasteiger partial charge in [0.2, 0.25) is 5.88 Å². The van der Waals surface area contributed by atoms with Crippen molar-refractivity contribution in [3.05, 3.63) is 35.4 Å². The average molecular weight is 390 g/mol. The number of benzene rings is 1. The van der Waals surface area contributed by atoms with Crippen molar-refractivity contribution in [3.8, 4) is 5.88 Å². The summed E-state index contributed by atoms with van der Waals surface area (Å²) in [5.41, 5.74) is 0.804. The van der Waals surface area contributed by atoms with Crippen molar-refractivity contribution in [3.63, 3.8) is 0 Å².